The van der Waals surface area contributed by atoms with Gasteiger partial charge in [0.2, 0.25) is 5.69 Å². The van der Waals surface area contributed by atoms with E-state index < -0.39 is 18.3 Å². The Morgan fingerprint density at radius 1 is 1.15 bits per heavy atom. The smallest absolute Gasteiger partial charge is 0.279 e. The van der Waals surface area contributed by atoms with Gasteiger partial charge < -0.3 is 4.43 Å². The van der Waals surface area contributed by atoms with E-state index in [-0.39, 0.29) is 10.1 Å². The molecule has 27 heavy (non-hydrogen) atoms. The van der Waals surface area contributed by atoms with E-state index in [1.54, 1.807) is 12.1 Å². The third-order valence-electron chi connectivity index (χ3n) is 4.74. The molecule has 0 aliphatic carbocycles. The predicted octanol–water partition coefficient (Wildman–Crippen LogP) is 4.95. The van der Waals surface area contributed by atoms with Crippen LogP contribution in [0.2, 0.25) is 18.1 Å². The molecular weight excluding hydrogens is 378 g/mol. The first-order chi connectivity index (χ1) is 12.4. The third kappa shape index (κ3) is 5.39. The fourth-order valence-electron chi connectivity index (χ4n) is 1.95. The minimum absolute atomic E-state index is 0.125. The normalized spacial score (nSPS) is 12.4. The van der Waals surface area contributed by atoms with Crippen LogP contribution in [0.3, 0.4) is 0 Å². The van der Waals surface area contributed by atoms with Crippen LogP contribution in [0.1, 0.15) is 26.3 Å². The Kier molecular flexibility index (Phi) is 6.09. The molecule has 0 amide bonds. The number of nitrogens with one attached hydrogen (secondary N) is 1. The summed E-state index contributed by atoms with van der Waals surface area (Å²) in [6, 6.07) is 9.85. The summed E-state index contributed by atoms with van der Waals surface area (Å²) in [5, 5.41) is 0.0125. The van der Waals surface area contributed by atoms with E-state index in [0.29, 0.717) is 18.0 Å². The molecule has 144 valence electrons. The van der Waals surface area contributed by atoms with E-state index in [1.807, 2.05) is 12.1 Å². The van der Waals surface area contributed by atoms with Gasteiger partial charge in [0.05, 0.1) is 13.2 Å². The molecule has 1 aromatic heterocycles. The molecule has 2 rings (SSSR count). The van der Waals surface area contributed by atoms with Gasteiger partial charge in [0.25, 0.3) is 10.0 Å². The first-order valence-electron chi connectivity index (χ1n) is 8.54. The number of nitrogens with zero attached hydrogens (tertiary/aromatic N) is 2. The van der Waals surface area contributed by atoms with Crippen molar-refractivity contribution >= 4 is 29.7 Å². The second kappa shape index (κ2) is 7.80. The zero-order chi connectivity index (χ0) is 20.3. The zero-order valence-corrected chi connectivity index (χ0v) is 18.1. The number of anilines is 1. The maximum absolute atomic E-state index is 12.4. The fourth-order valence-corrected chi connectivity index (χ4v) is 3.90. The number of hydrogen-bond donors (Lipinski definition) is 1. The Labute approximate surface area is 162 Å². The molecule has 0 spiro atoms. The van der Waals surface area contributed by atoms with E-state index in [0.717, 1.165) is 5.56 Å². The van der Waals surface area contributed by atoms with Crippen LogP contribution < -0.4 is 4.72 Å². The van der Waals surface area contributed by atoms with Gasteiger partial charge in [-0.1, -0.05) is 39.0 Å². The molecule has 1 N–H and O–H groups in total. The molecule has 0 aliphatic rings. The van der Waals surface area contributed by atoms with Crippen LogP contribution in [0.5, 0.6) is 0 Å². The topological polar surface area (TPSA) is 72.7 Å². The van der Waals surface area contributed by atoms with Gasteiger partial charge in [-0.3, -0.25) is 9.71 Å². The summed E-state index contributed by atoms with van der Waals surface area (Å²) in [5.41, 5.74) is 1.73. The minimum Gasteiger partial charge on any atom is -0.413 e. The summed E-state index contributed by atoms with van der Waals surface area (Å²) in [7, 11) is -5.63. The van der Waals surface area contributed by atoms with Crippen LogP contribution in [0, 0.1) is 6.57 Å². The monoisotopic (exact) mass is 403 g/mol. The summed E-state index contributed by atoms with van der Waals surface area (Å²) >= 11 is 0. The van der Waals surface area contributed by atoms with Crippen LogP contribution in [-0.2, 0) is 21.1 Å². The highest BCUT2D eigenvalue weighted by molar-refractivity contribution is 7.92. The summed E-state index contributed by atoms with van der Waals surface area (Å²) in [6.07, 6.45) is 1.24. The van der Waals surface area contributed by atoms with Gasteiger partial charge in [0, 0.05) is 11.9 Å². The minimum atomic E-state index is -3.79. The molecule has 0 atom stereocenters. The van der Waals surface area contributed by atoms with Crippen LogP contribution >= 0.6 is 0 Å². The molecule has 0 bridgehead atoms. The molecular formula is C19H25N3O3SSi. The average molecular weight is 404 g/mol. The lowest BCUT2D eigenvalue weighted by Crippen LogP contribution is -2.40. The van der Waals surface area contributed by atoms with Crippen molar-refractivity contribution in [3.63, 3.8) is 0 Å². The zero-order valence-electron chi connectivity index (χ0n) is 16.3. The van der Waals surface area contributed by atoms with Gasteiger partial charge in [0.15, 0.2) is 13.3 Å². The first kappa shape index (κ1) is 21.1. The molecule has 0 unspecified atom stereocenters. The number of benzene rings is 1. The fraction of sp³-hybridized carbons (Fsp3) is 0.368. The number of sulfonamides is 1. The van der Waals surface area contributed by atoms with Crippen LogP contribution in [-0.4, -0.2) is 21.7 Å². The standard InChI is InChI=1S/C19H25N3O3SSi/c1-19(2,3)27(5,6)25-14-15-7-9-16(10-8-15)22-26(23,24)18-12-11-17(20-4)13-21-18/h7-13,22H,14H2,1-3,5-6H3. The molecule has 6 nitrogen and oxygen atoms in total. The molecule has 1 heterocycles. The molecule has 0 aliphatic heterocycles. The predicted molar refractivity (Wildman–Crippen MR) is 110 cm³/mol. The van der Waals surface area contributed by atoms with Crippen molar-refractivity contribution in [1.29, 1.82) is 0 Å². The first-order valence-corrected chi connectivity index (χ1v) is 12.9. The van der Waals surface area contributed by atoms with E-state index in [9.17, 15) is 8.42 Å². The molecule has 8 heteroatoms. The second-order valence-corrected chi connectivity index (χ2v) is 14.3. The van der Waals surface area contributed by atoms with Gasteiger partial charge in [-0.25, -0.2) is 4.85 Å². The quantitative estimate of drug-likeness (QED) is 0.547. The van der Waals surface area contributed by atoms with Gasteiger partial charge in [-0.2, -0.15) is 8.42 Å². The van der Waals surface area contributed by atoms with Crippen molar-refractivity contribution in [2.24, 2.45) is 0 Å². The van der Waals surface area contributed by atoms with Crippen molar-refractivity contribution < 1.29 is 12.8 Å². The summed E-state index contributed by atoms with van der Waals surface area (Å²) < 4.78 is 33.4. The molecule has 0 saturated carbocycles. The third-order valence-corrected chi connectivity index (χ3v) is 10.5. The maximum Gasteiger partial charge on any atom is 0.279 e. The van der Waals surface area contributed by atoms with E-state index in [2.05, 4.69) is 48.4 Å². The maximum atomic E-state index is 12.4. The molecule has 0 fully saturated rings. The SMILES string of the molecule is [C-]#[N+]c1ccc(S(=O)(=O)Nc2ccc(CO[Si](C)(C)C(C)(C)C)cc2)nc1. The second-order valence-electron chi connectivity index (χ2n) is 7.82. The Morgan fingerprint density at radius 2 is 1.78 bits per heavy atom. The number of hydrogen-bond acceptors (Lipinski definition) is 4. The van der Waals surface area contributed by atoms with Crippen LogP contribution in [0.15, 0.2) is 47.6 Å². The Bertz CT molecular complexity index is 926. The molecule has 0 saturated heterocycles. The molecule has 1 aromatic carbocycles. The van der Waals surface area contributed by atoms with Gasteiger partial charge in [-0.05, 0) is 41.9 Å². The van der Waals surface area contributed by atoms with Crippen molar-refractivity contribution in [1.82, 2.24) is 4.98 Å². The Balaban J connectivity index is 2.05. The van der Waals surface area contributed by atoms with Crippen LogP contribution in [0.25, 0.3) is 4.85 Å². The van der Waals surface area contributed by atoms with E-state index >= 15 is 0 Å². The van der Waals surface area contributed by atoms with E-state index in [4.69, 9.17) is 11.0 Å². The lowest BCUT2D eigenvalue weighted by Gasteiger charge is -2.36. The van der Waals surface area contributed by atoms with Crippen molar-refractivity contribution in [3.05, 3.63) is 59.6 Å². The van der Waals surface area contributed by atoms with E-state index in [1.165, 1.54) is 18.3 Å². The average Bonchev–Trinajstić information content (AvgIpc) is 2.60. The van der Waals surface area contributed by atoms with Gasteiger partial charge in [0.1, 0.15) is 0 Å². The lowest BCUT2D eigenvalue weighted by molar-refractivity contribution is 0.276. The number of aromatic nitrogens is 1. The lowest BCUT2D eigenvalue weighted by atomic mass is 10.2. The highest BCUT2D eigenvalue weighted by atomic mass is 32.2. The summed E-state index contributed by atoms with van der Waals surface area (Å²) in [6.45, 7) is 18.4. The van der Waals surface area contributed by atoms with Crippen molar-refractivity contribution in [2.75, 3.05) is 4.72 Å². The molecule has 0 radical (unpaired) electrons. The summed E-state index contributed by atoms with van der Waals surface area (Å²) in [4.78, 5) is 7.04. The Morgan fingerprint density at radius 3 is 2.26 bits per heavy atom. The summed E-state index contributed by atoms with van der Waals surface area (Å²) in [5.74, 6) is 0. The molecule has 2 aromatic rings. The largest absolute Gasteiger partial charge is 0.413 e. The van der Waals surface area contributed by atoms with Gasteiger partial charge >= 0.3 is 0 Å². The van der Waals surface area contributed by atoms with Gasteiger partial charge in [-0.15, -0.1) is 0 Å². The number of pyridine rings is 1. The highest BCUT2D eigenvalue weighted by Gasteiger charge is 2.36. The van der Waals surface area contributed by atoms with Crippen LogP contribution in [0.4, 0.5) is 11.4 Å². The Hall–Kier alpha value is -2.21. The van der Waals surface area contributed by atoms with Crippen molar-refractivity contribution in [3.8, 4) is 0 Å². The highest BCUT2D eigenvalue weighted by Crippen LogP contribution is 2.37. The number of rotatable bonds is 6. The van der Waals surface area contributed by atoms with Crippen molar-refractivity contribution in [2.45, 2.75) is 50.5 Å².